The van der Waals surface area contributed by atoms with Crippen LogP contribution in [0.3, 0.4) is 0 Å². The van der Waals surface area contributed by atoms with Crippen molar-refractivity contribution in [3.8, 4) is 11.1 Å². The molecule has 0 saturated carbocycles. The number of rotatable bonds is 5. The van der Waals surface area contributed by atoms with Crippen LogP contribution < -0.4 is 0 Å². The van der Waals surface area contributed by atoms with Crippen molar-refractivity contribution in [2.75, 3.05) is 20.6 Å². The topological polar surface area (TPSA) is 3.24 Å². The summed E-state index contributed by atoms with van der Waals surface area (Å²) in [7, 11) is 4.25. The van der Waals surface area contributed by atoms with Crippen LogP contribution in [-0.4, -0.2) is 25.5 Å². The van der Waals surface area contributed by atoms with Crippen LogP contribution in [0.15, 0.2) is 51.4 Å². The molecule has 0 bridgehead atoms. The monoisotopic (exact) mass is 409 g/mol. The second-order valence-electron chi connectivity index (χ2n) is 5.74. The number of hydrogen-bond donors (Lipinski definition) is 0. The fourth-order valence-electron chi connectivity index (χ4n) is 2.33. The van der Waals surface area contributed by atoms with Gasteiger partial charge in [0.1, 0.15) is 0 Å². The maximum atomic E-state index is 3.64. The van der Waals surface area contributed by atoms with E-state index in [2.05, 4.69) is 100 Å². The molecule has 0 spiro atoms. The molecule has 0 N–H and O–H groups in total. The van der Waals surface area contributed by atoms with Crippen molar-refractivity contribution in [1.82, 2.24) is 4.90 Å². The van der Waals surface area contributed by atoms with Gasteiger partial charge in [-0.25, -0.2) is 0 Å². The summed E-state index contributed by atoms with van der Waals surface area (Å²) in [4.78, 5) is 2.24. The number of nitrogens with zero attached hydrogens (tertiary/aromatic N) is 1. The fraction of sp³-hybridized carbons (Fsp3) is 0.333. The van der Waals surface area contributed by atoms with Crippen molar-refractivity contribution in [3.63, 3.8) is 0 Å². The Morgan fingerprint density at radius 3 is 2.24 bits per heavy atom. The van der Waals surface area contributed by atoms with Gasteiger partial charge in [0, 0.05) is 8.95 Å². The molecule has 2 rings (SSSR count). The van der Waals surface area contributed by atoms with E-state index >= 15 is 0 Å². The third-order valence-corrected chi connectivity index (χ3v) is 4.88. The third-order valence-electron chi connectivity index (χ3n) is 3.73. The highest BCUT2D eigenvalue weighted by Crippen LogP contribution is 2.31. The summed E-state index contributed by atoms with van der Waals surface area (Å²) in [5, 5.41) is 0. The van der Waals surface area contributed by atoms with Gasteiger partial charge in [0.15, 0.2) is 0 Å². The van der Waals surface area contributed by atoms with Crippen LogP contribution in [0.1, 0.15) is 24.8 Å². The molecule has 0 radical (unpaired) electrons. The summed E-state index contributed by atoms with van der Waals surface area (Å²) in [6, 6.07) is 15.2. The highest BCUT2D eigenvalue weighted by atomic mass is 79.9. The van der Waals surface area contributed by atoms with Gasteiger partial charge in [-0.05, 0) is 61.8 Å². The van der Waals surface area contributed by atoms with Crippen LogP contribution in [0.25, 0.3) is 11.1 Å². The van der Waals surface area contributed by atoms with E-state index < -0.39 is 0 Å². The van der Waals surface area contributed by atoms with Crippen molar-refractivity contribution >= 4 is 31.9 Å². The molecular weight excluding hydrogens is 390 g/mol. The van der Waals surface area contributed by atoms with Crippen molar-refractivity contribution in [2.24, 2.45) is 0 Å². The van der Waals surface area contributed by atoms with E-state index in [0.29, 0.717) is 5.92 Å². The minimum absolute atomic E-state index is 0.592. The van der Waals surface area contributed by atoms with Gasteiger partial charge >= 0.3 is 0 Å². The maximum absolute atomic E-state index is 3.64. The lowest BCUT2D eigenvalue weighted by atomic mass is 9.95. The Bertz CT molecular complexity index is 591. The van der Waals surface area contributed by atoms with Gasteiger partial charge in [0.25, 0.3) is 0 Å². The molecule has 0 aliphatic heterocycles. The van der Waals surface area contributed by atoms with Crippen molar-refractivity contribution in [1.29, 1.82) is 0 Å². The van der Waals surface area contributed by atoms with Gasteiger partial charge in [0.2, 0.25) is 0 Å². The molecule has 2 aromatic rings. The van der Waals surface area contributed by atoms with Gasteiger partial charge in [-0.1, -0.05) is 69.1 Å². The van der Waals surface area contributed by atoms with Gasteiger partial charge < -0.3 is 4.90 Å². The molecule has 0 aliphatic rings. The molecule has 0 aromatic heterocycles. The minimum atomic E-state index is 0.592. The van der Waals surface area contributed by atoms with E-state index in [1.165, 1.54) is 23.1 Å². The van der Waals surface area contributed by atoms with E-state index in [-0.39, 0.29) is 0 Å². The molecule has 0 amide bonds. The number of hydrogen-bond acceptors (Lipinski definition) is 1. The van der Waals surface area contributed by atoms with Crippen LogP contribution in [0.2, 0.25) is 0 Å². The van der Waals surface area contributed by atoms with Gasteiger partial charge in [-0.3, -0.25) is 0 Å². The van der Waals surface area contributed by atoms with Crippen LogP contribution in [0.4, 0.5) is 0 Å². The minimum Gasteiger partial charge on any atom is -0.309 e. The largest absolute Gasteiger partial charge is 0.309 e. The number of benzene rings is 2. The predicted octanol–water partition coefficient (Wildman–Crippen LogP) is 5.93. The van der Waals surface area contributed by atoms with E-state index in [1.54, 1.807) is 0 Å². The Balaban J connectivity index is 2.15. The summed E-state index contributed by atoms with van der Waals surface area (Å²) >= 11 is 7.13. The molecule has 2 aromatic carbocycles. The molecular formula is C18H21Br2N. The summed E-state index contributed by atoms with van der Waals surface area (Å²) in [5.41, 5.74) is 3.89. The first-order chi connectivity index (χ1) is 9.97. The van der Waals surface area contributed by atoms with E-state index in [1.807, 2.05) is 0 Å². The molecule has 0 heterocycles. The van der Waals surface area contributed by atoms with E-state index in [0.717, 1.165) is 15.5 Å². The van der Waals surface area contributed by atoms with Gasteiger partial charge in [0.05, 0.1) is 0 Å². The third kappa shape index (κ3) is 4.67. The highest BCUT2D eigenvalue weighted by molar-refractivity contribution is 9.11. The molecule has 112 valence electrons. The lowest BCUT2D eigenvalue weighted by Gasteiger charge is -2.16. The molecule has 1 nitrogen and oxygen atoms in total. The lowest BCUT2D eigenvalue weighted by Crippen LogP contribution is -2.14. The molecule has 21 heavy (non-hydrogen) atoms. The molecule has 0 aliphatic carbocycles. The normalized spacial score (nSPS) is 12.7. The zero-order chi connectivity index (χ0) is 15.4. The molecule has 0 saturated heterocycles. The van der Waals surface area contributed by atoms with E-state index in [9.17, 15) is 0 Å². The Hall–Kier alpha value is -0.640. The Labute approximate surface area is 144 Å². The van der Waals surface area contributed by atoms with Crippen LogP contribution >= 0.6 is 31.9 Å². The second-order valence-corrected chi connectivity index (χ2v) is 7.51. The first-order valence-electron chi connectivity index (χ1n) is 7.17. The SMILES string of the molecule is CC(CCN(C)C)c1ccc(-c2ccc(Br)cc2Br)cc1. The van der Waals surface area contributed by atoms with Crippen LogP contribution in [0, 0.1) is 0 Å². The smallest absolute Gasteiger partial charge is 0.0264 e. The molecule has 3 heteroatoms. The van der Waals surface area contributed by atoms with E-state index in [4.69, 9.17) is 0 Å². The van der Waals surface area contributed by atoms with Crippen molar-refractivity contribution < 1.29 is 0 Å². The van der Waals surface area contributed by atoms with Crippen LogP contribution in [0.5, 0.6) is 0 Å². The lowest BCUT2D eigenvalue weighted by molar-refractivity contribution is 0.386. The standard InChI is InChI=1S/C18H21Br2N/c1-13(10-11-21(2)3)14-4-6-15(7-5-14)17-9-8-16(19)12-18(17)20/h4-9,12-13H,10-11H2,1-3H3. The Kier molecular flexibility index (Phi) is 6.03. The first-order valence-corrected chi connectivity index (χ1v) is 8.76. The highest BCUT2D eigenvalue weighted by Gasteiger charge is 2.08. The molecule has 0 fully saturated rings. The van der Waals surface area contributed by atoms with Gasteiger partial charge in [-0.15, -0.1) is 0 Å². The second kappa shape index (κ2) is 7.57. The fourth-order valence-corrected chi connectivity index (χ4v) is 3.61. The Morgan fingerprint density at radius 1 is 1.00 bits per heavy atom. The van der Waals surface area contributed by atoms with Crippen LogP contribution in [-0.2, 0) is 0 Å². The predicted molar refractivity (Wildman–Crippen MR) is 98.9 cm³/mol. The summed E-state index contributed by atoms with van der Waals surface area (Å²) < 4.78 is 2.21. The zero-order valence-corrected chi connectivity index (χ0v) is 15.9. The summed E-state index contributed by atoms with van der Waals surface area (Å²) in [5.74, 6) is 0.592. The summed E-state index contributed by atoms with van der Waals surface area (Å²) in [6.07, 6.45) is 1.19. The zero-order valence-electron chi connectivity index (χ0n) is 12.7. The quantitative estimate of drug-likeness (QED) is 0.589. The number of halogens is 2. The average Bonchev–Trinajstić information content (AvgIpc) is 2.45. The maximum Gasteiger partial charge on any atom is 0.0264 e. The van der Waals surface area contributed by atoms with Crippen molar-refractivity contribution in [3.05, 3.63) is 57.0 Å². The summed E-state index contributed by atoms with van der Waals surface area (Å²) in [6.45, 7) is 3.43. The Morgan fingerprint density at radius 2 is 1.67 bits per heavy atom. The average molecular weight is 411 g/mol. The first kappa shape index (κ1) is 16.7. The molecule has 1 atom stereocenters. The molecule has 1 unspecified atom stereocenters. The van der Waals surface area contributed by atoms with Gasteiger partial charge in [-0.2, -0.15) is 0 Å². The van der Waals surface area contributed by atoms with Crippen molar-refractivity contribution in [2.45, 2.75) is 19.3 Å².